The Hall–Kier alpha value is -2.51. The van der Waals surface area contributed by atoms with Crippen LogP contribution >= 0.6 is 0 Å². The maximum absolute atomic E-state index is 8.08. The minimum atomic E-state index is 0.385. The normalized spacial score (nSPS) is 9.25. The summed E-state index contributed by atoms with van der Waals surface area (Å²) in [6.45, 7) is 0.385. The van der Waals surface area contributed by atoms with Gasteiger partial charge in [0, 0.05) is 30.3 Å². The topological polar surface area (TPSA) is 79.0 Å². The van der Waals surface area contributed by atoms with Crippen LogP contribution in [-0.4, -0.2) is 21.1 Å². The summed E-state index contributed by atoms with van der Waals surface area (Å²) in [4.78, 5) is 6.82. The van der Waals surface area contributed by atoms with Crippen molar-refractivity contribution in [1.82, 2.24) is 14.6 Å². The highest BCUT2D eigenvalue weighted by molar-refractivity contribution is 5.55. The molecule has 16 heavy (non-hydrogen) atoms. The van der Waals surface area contributed by atoms with E-state index in [-0.39, 0.29) is 0 Å². The van der Waals surface area contributed by atoms with Gasteiger partial charge in [-0.2, -0.15) is 5.10 Å². The van der Waals surface area contributed by atoms with Crippen LogP contribution in [-0.2, 0) is 0 Å². The Labute approximate surface area is 91.6 Å². The molecule has 2 heterocycles. The van der Waals surface area contributed by atoms with E-state index in [1.165, 1.54) is 0 Å². The molecule has 0 atom stereocenters. The van der Waals surface area contributed by atoms with Crippen LogP contribution in [0.15, 0.2) is 29.8 Å². The van der Waals surface area contributed by atoms with Crippen molar-refractivity contribution in [2.75, 3.05) is 6.54 Å². The Morgan fingerprint density at radius 2 is 2.50 bits per heavy atom. The lowest BCUT2D eigenvalue weighted by Crippen LogP contribution is -1.87. The van der Waals surface area contributed by atoms with Gasteiger partial charge in [0.05, 0.1) is 11.8 Å². The maximum atomic E-state index is 8.08. The highest BCUT2D eigenvalue weighted by atomic mass is 15.2. The van der Waals surface area contributed by atoms with Crippen LogP contribution in [0.5, 0.6) is 0 Å². The molecule has 0 spiro atoms. The lowest BCUT2D eigenvalue weighted by molar-refractivity contribution is 0.939. The summed E-state index contributed by atoms with van der Waals surface area (Å²) in [5.41, 5.74) is 9.59. The molecule has 0 amide bonds. The fourth-order valence-electron chi connectivity index (χ4n) is 1.22. The molecule has 0 unspecified atom stereocenters. The molecule has 0 saturated carbocycles. The maximum Gasteiger partial charge on any atom is 0.170 e. The number of azide groups is 1. The van der Waals surface area contributed by atoms with Crippen molar-refractivity contribution in [2.24, 2.45) is 5.11 Å². The van der Waals surface area contributed by atoms with Crippen LogP contribution in [0.3, 0.4) is 0 Å². The van der Waals surface area contributed by atoms with Crippen molar-refractivity contribution in [3.8, 4) is 11.8 Å². The molecular weight excluding hydrogens is 204 g/mol. The van der Waals surface area contributed by atoms with Crippen LogP contribution in [0.4, 0.5) is 0 Å². The highest BCUT2D eigenvalue weighted by Gasteiger charge is 1.99. The number of nitrogens with zero attached hydrogens (tertiary/aromatic N) is 6. The van der Waals surface area contributed by atoms with Crippen molar-refractivity contribution in [2.45, 2.75) is 6.42 Å². The Balaban J connectivity index is 2.18. The predicted molar refractivity (Wildman–Crippen MR) is 58.5 cm³/mol. The van der Waals surface area contributed by atoms with Gasteiger partial charge in [-0.3, -0.25) is 0 Å². The fraction of sp³-hybridized carbons (Fsp3) is 0.200. The number of aromatic nitrogens is 3. The molecule has 2 aromatic heterocycles. The quantitative estimate of drug-likeness (QED) is 0.250. The zero-order valence-corrected chi connectivity index (χ0v) is 8.41. The number of hydrogen-bond acceptors (Lipinski definition) is 3. The lowest BCUT2D eigenvalue weighted by Gasteiger charge is -1.88. The molecule has 78 valence electrons. The van der Waals surface area contributed by atoms with Gasteiger partial charge in [-0.15, -0.1) is 0 Å². The minimum absolute atomic E-state index is 0.385. The third kappa shape index (κ3) is 2.11. The number of rotatable bonds is 2. The van der Waals surface area contributed by atoms with Gasteiger partial charge in [0.15, 0.2) is 5.65 Å². The molecule has 0 aliphatic rings. The van der Waals surface area contributed by atoms with E-state index in [1.54, 1.807) is 23.0 Å². The molecule has 0 aliphatic carbocycles. The summed E-state index contributed by atoms with van der Waals surface area (Å²) in [5.74, 6) is 5.85. The van der Waals surface area contributed by atoms with E-state index in [0.717, 1.165) is 11.2 Å². The van der Waals surface area contributed by atoms with Gasteiger partial charge in [-0.1, -0.05) is 17.0 Å². The molecule has 0 radical (unpaired) electrons. The third-order valence-corrected chi connectivity index (χ3v) is 1.90. The minimum Gasteiger partial charge on any atom is -0.236 e. The second-order valence-corrected chi connectivity index (χ2v) is 2.95. The average Bonchev–Trinajstić information content (AvgIpc) is 2.73. The van der Waals surface area contributed by atoms with Gasteiger partial charge in [0.25, 0.3) is 0 Å². The first-order valence-corrected chi connectivity index (χ1v) is 4.70. The fourth-order valence-corrected chi connectivity index (χ4v) is 1.22. The molecule has 0 bridgehead atoms. The molecule has 0 N–H and O–H groups in total. The van der Waals surface area contributed by atoms with Gasteiger partial charge in [0.1, 0.15) is 0 Å². The standard InChI is InChI=1S/C10H8N6/c11-15-13-6-2-1-4-9-8-14-16-7-3-5-12-10(9)16/h3,5,7-8H,2,6H2. The summed E-state index contributed by atoms with van der Waals surface area (Å²) < 4.78 is 1.66. The molecular formula is C10H8N6. The largest absolute Gasteiger partial charge is 0.236 e. The molecule has 2 aromatic rings. The molecule has 0 fully saturated rings. The molecule has 6 heteroatoms. The van der Waals surface area contributed by atoms with Gasteiger partial charge in [0.2, 0.25) is 0 Å². The zero-order chi connectivity index (χ0) is 11.2. The van der Waals surface area contributed by atoms with Crippen molar-refractivity contribution in [3.63, 3.8) is 0 Å². The number of fused-ring (bicyclic) bond motifs is 1. The first kappa shape index (κ1) is 10.0. The highest BCUT2D eigenvalue weighted by Crippen LogP contribution is 2.04. The van der Waals surface area contributed by atoms with Crippen molar-refractivity contribution in [3.05, 3.63) is 40.7 Å². The second-order valence-electron chi connectivity index (χ2n) is 2.95. The summed E-state index contributed by atoms with van der Waals surface area (Å²) in [6.07, 6.45) is 5.72. The first-order valence-electron chi connectivity index (χ1n) is 4.70. The SMILES string of the molecule is [N-]=[N+]=NCCC#Cc1cnn2cccnc12. The molecule has 0 aliphatic heterocycles. The third-order valence-electron chi connectivity index (χ3n) is 1.90. The van der Waals surface area contributed by atoms with E-state index >= 15 is 0 Å². The van der Waals surface area contributed by atoms with Crippen LogP contribution in [0.1, 0.15) is 12.0 Å². The molecule has 0 aromatic carbocycles. The number of hydrogen-bond donors (Lipinski definition) is 0. The Morgan fingerprint density at radius 3 is 3.38 bits per heavy atom. The molecule has 2 rings (SSSR count). The summed E-state index contributed by atoms with van der Waals surface area (Å²) >= 11 is 0. The zero-order valence-electron chi connectivity index (χ0n) is 8.41. The summed E-state index contributed by atoms with van der Waals surface area (Å²) in [5, 5.41) is 7.50. The lowest BCUT2D eigenvalue weighted by atomic mass is 10.3. The van der Waals surface area contributed by atoms with Gasteiger partial charge >= 0.3 is 0 Å². The van der Waals surface area contributed by atoms with Crippen molar-refractivity contribution >= 4 is 5.65 Å². The van der Waals surface area contributed by atoms with Gasteiger partial charge in [-0.05, 0) is 11.6 Å². The van der Waals surface area contributed by atoms with Crippen molar-refractivity contribution < 1.29 is 0 Å². The van der Waals surface area contributed by atoms with E-state index in [4.69, 9.17) is 5.53 Å². The van der Waals surface area contributed by atoms with Gasteiger partial charge < -0.3 is 0 Å². The molecule has 0 saturated heterocycles. The van der Waals surface area contributed by atoms with Gasteiger partial charge in [-0.25, -0.2) is 9.50 Å². The smallest absolute Gasteiger partial charge is 0.170 e. The first-order chi connectivity index (χ1) is 7.92. The van der Waals surface area contributed by atoms with E-state index < -0.39 is 0 Å². The Kier molecular flexibility index (Phi) is 3.02. The second kappa shape index (κ2) is 4.82. The van der Waals surface area contributed by atoms with Crippen molar-refractivity contribution in [1.29, 1.82) is 0 Å². The van der Waals surface area contributed by atoms with Crippen LogP contribution < -0.4 is 0 Å². The Bertz CT molecular complexity index is 596. The summed E-state index contributed by atoms with van der Waals surface area (Å²) in [6, 6.07) is 1.80. The van der Waals surface area contributed by atoms with Crippen LogP contribution in [0.2, 0.25) is 0 Å². The molecule has 6 nitrogen and oxygen atoms in total. The van der Waals surface area contributed by atoms with E-state index in [2.05, 4.69) is 31.9 Å². The summed E-state index contributed by atoms with van der Waals surface area (Å²) in [7, 11) is 0. The monoisotopic (exact) mass is 212 g/mol. The van der Waals surface area contributed by atoms with Crippen LogP contribution in [0, 0.1) is 11.8 Å². The average molecular weight is 212 g/mol. The Morgan fingerprint density at radius 1 is 1.56 bits per heavy atom. The van der Waals surface area contributed by atoms with E-state index in [9.17, 15) is 0 Å². The van der Waals surface area contributed by atoms with Crippen LogP contribution in [0.25, 0.3) is 16.1 Å². The van der Waals surface area contributed by atoms with E-state index in [0.29, 0.717) is 13.0 Å². The van der Waals surface area contributed by atoms with E-state index in [1.807, 2.05) is 6.20 Å². The predicted octanol–water partition coefficient (Wildman–Crippen LogP) is 1.78.